The molecule has 0 nitrogen and oxygen atoms in total. The fourth-order valence-electron chi connectivity index (χ4n) is 2.01. The molecule has 0 heterocycles. The average molecular weight is 168 g/mol. The predicted molar refractivity (Wildman–Crippen MR) is 60.4 cm³/mol. The Bertz CT molecular complexity index is 108. The van der Waals surface area contributed by atoms with Crippen LogP contribution in [0.5, 0.6) is 0 Å². The van der Waals surface area contributed by atoms with E-state index in [2.05, 4.69) is 42.5 Å². The van der Waals surface area contributed by atoms with Crippen molar-refractivity contribution in [3.8, 4) is 0 Å². The molecule has 0 saturated carbocycles. The van der Waals surface area contributed by atoms with Gasteiger partial charge in [-0.15, -0.1) is 0 Å². The van der Waals surface area contributed by atoms with Gasteiger partial charge < -0.3 is 0 Å². The molecule has 0 N–H and O–H groups in total. The van der Waals surface area contributed by atoms with Crippen LogP contribution in [0.4, 0.5) is 0 Å². The van der Waals surface area contributed by atoms with Gasteiger partial charge >= 0.3 is 0 Å². The summed E-state index contributed by atoms with van der Waals surface area (Å²) in [4.78, 5) is 0. The summed E-state index contributed by atoms with van der Waals surface area (Å²) in [6.07, 6.45) is 2.72. The highest BCUT2D eigenvalue weighted by Gasteiger charge is 2.19. The Morgan fingerprint density at radius 2 is 1.58 bits per heavy atom. The second-order valence-corrected chi connectivity index (χ2v) is 4.92. The van der Waals surface area contributed by atoms with Crippen LogP contribution in [0, 0.1) is 17.8 Å². The molecule has 0 amide bonds. The summed E-state index contributed by atoms with van der Waals surface area (Å²) in [6.45, 7) is 11.8. The third-order valence-electron chi connectivity index (χ3n) is 2.97. The molecule has 0 aliphatic heterocycles. The van der Waals surface area contributed by atoms with Crippen molar-refractivity contribution in [3.63, 3.8) is 0 Å². The highest BCUT2D eigenvalue weighted by atomic mass is 14.2. The standard InChI is InChI=1S/C11H25B/c1-6-9(4)11(8(2)3)7-10(5)12/h8-11H,6-7,12H2,1-5H3. The maximum absolute atomic E-state index is 2.40. The van der Waals surface area contributed by atoms with Crippen LogP contribution in [0.25, 0.3) is 0 Å². The summed E-state index contributed by atoms with van der Waals surface area (Å²) in [5, 5.41) is 0. The molecule has 72 valence electrons. The van der Waals surface area contributed by atoms with E-state index in [-0.39, 0.29) is 0 Å². The Morgan fingerprint density at radius 3 is 1.83 bits per heavy atom. The van der Waals surface area contributed by atoms with Crippen molar-refractivity contribution in [2.75, 3.05) is 0 Å². The second-order valence-electron chi connectivity index (χ2n) is 4.92. The Hall–Kier alpha value is 0.0649. The van der Waals surface area contributed by atoms with Crippen molar-refractivity contribution in [2.45, 2.75) is 53.3 Å². The fraction of sp³-hybridized carbons (Fsp3) is 1.00. The lowest BCUT2D eigenvalue weighted by Gasteiger charge is -2.28. The smallest absolute Gasteiger partial charge is 0.0722 e. The van der Waals surface area contributed by atoms with Crippen molar-refractivity contribution in [2.24, 2.45) is 17.8 Å². The van der Waals surface area contributed by atoms with Crippen LogP contribution in [0.3, 0.4) is 0 Å². The number of hydrogen-bond acceptors (Lipinski definition) is 0. The van der Waals surface area contributed by atoms with Crippen LogP contribution in [0.1, 0.15) is 47.5 Å². The summed E-state index contributed by atoms with van der Waals surface area (Å²) < 4.78 is 0. The van der Waals surface area contributed by atoms with Crippen molar-refractivity contribution in [1.29, 1.82) is 0 Å². The van der Waals surface area contributed by atoms with Gasteiger partial charge in [0.05, 0.1) is 0 Å². The zero-order valence-corrected chi connectivity index (χ0v) is 9.72. The van der Waals surface area contributed by atoms with Gasteiger partial charge in [-0.2, -0.15) is 0 Å². The highest BCUT2D eigenvalue weighted by Crippen LogP contribution is 2.30. The fourth-order valence-corrected chi connectivity index (χ4v) is 2.01. The minimum absolute atomic E-state index is 0.849. The highest BCUT2D eigenvalue weighted by molar-refractivity contribution is 6.11. The molecule has 3 unspecified atom stereocenters. The Kier molecular flexibility index (Phi) is 5.70. The van der Waals surface area contributed by atoms with E-state index in [0.29, 0.717) is 0 Å². The molecule has 0 saturated heterocycles. The van der Waals surface area contributed by atoms with Crippen molar-refractivity contribution in [3.05, 3.63) is 0 Å². The summed E-state index contributed by atoms with van der Waals surface area (Å²) in [5.41, 5.74) is 0. The van der Waals surface area contributed by atoms with E-state index >= 15 is 0 Å². The molecule has 0 aliphatic carbocycles. The van der Waals surface area contributed by atoms with Crippen molar-refractivity contribution < 1.29 is 0 Å². The molecular weight excluding hydrogens is 143 g/mol. The van der Waals surface area contributed by atoms with Crippen LogP contribution >= 0.6 is 0 Å². The SMILES string of the molecule is BC(C)CC(C(C)C)C(C)CC. The normalized spacial score (nSPS) is 19.2. The van der Waals surface area contributed by atoms with E-state index < -0.39 is 0 Å². The Balaban J connectivity index is 4.03. The Morgan fingerprint density at radius 1 is 1.08 bits per heavy atom. The molecule has 12 heavy (non-hydrogen) atoms. The van der Waals surface area contributed by atoms with Crippen molar-refractivity contribution >= 4 is 7.85 Å². The van der Waals surface area contributed by atoms with Gasteiger partial charge in [-0.3, -0.25) is 0 Å². The van der Waals surface area contributed by atoms with E-state index in [1.165, 1.54) is 12.8 Å². The molecule has 0 aliphatic rings. The van der Waals surface area contributed by atoms with Gasteiger partial charge in [-0.05, 0) is 17.8 Å². The third-order valence-corrected chi connectivity index (χ3v) is 2.97. The second kappa shape index (κ2) is 5.67. The van der Waals surface area contributed by atoms with Crippen LogP contribution in [-0.2, 0) is 0 Å². The van der Waals surface area contributed by atoms with Gasteiger partial charge in [0.25, 0.3) is 0 Å². The van der Waals surface area contributed by atoms with Gasteiger partial charge in [-0.25, -0.2) is 0 Å². The summed E-state index contributed by atoms with van der Waals surface area (Å²) in [5.74, 6) is 3.52. The minimum atomic E-state index is 0.849. The molecule has 0 spiro atoms. The first-order valence-electron chi connectivity index (χ1n) is 5.49. The molecule has 0 aromatic heterocycles. The van der Waals surface area contributed by atoms with Crippen LogP contribution in [0.15, 0.2) is 0 Å². The van der Waals surface area contributed by atoms with Gasteiger partial charge in [0.1, 0.15) is 7.85 Å². The van der Waals surface area contributed by atoms with E-state index in [9.17, 15) is 0 Å². The van der Waals surface area contributed by atoms with Crippen LogP contribution in [-0.4, -0.2) is 7.85 Å². The number of hydrogen-bond donors (Lipinski definition) is 0. The Labute approximate surface area is 79.5 Å². The summed E-state index contributed by atoms with van der Waals surface area (Å²) in [7, 11) is 2.33. The largest absolute Gasteiger partial charge is 0.105 e. The molecule has 1 heteroatoms. The van der Waals surface area contributed by atoms with E-state index in [4.69, 9.17) is 0 Å². The topological polar surface area (TPSA) is 0 Å². The van der Waals surface area contributed by atoms with E-state index in [1.807, 2.05) is 0 Å². The molecule has 0 aromatic carbocycles. The lowest BCUT2D eigenvalue weighted by atomic mass is 9.72. The van der Waals surface area contributed by atoms with Gasteiger partial charge in [-0.1, -0.05) is 53.3 Å². The molecule has 3 atom stereocenters. The van der Waals surface area contributed by atoms with Crippen molar-refractivity contribution in [1.82, 2.24) is 0 Å². The molecule has 0 aromatic rings. The minimum Gasteiger partial charge on any atom is -0.0722 e. The van der Waals surface area contributed by atoms with Gasteiger partial charge in [0.2, 0.25) is 0 Å². The first-order valence-corrected chi connectivity index (χ1v) is 5.49. The predicted octanol–water partition coefficient (Wildman–Crippen LogP) is 3.14. The van der Waals surface area contributed by atoms with Gasteiger partial charge in [0, 0.05) is 0 Å². The lowest BCUT2D eigenvalue weighted by Crippen LogP contribution is -2.18. The first kappa shape index (κ1) is 12.1. The third kappa shape index (κ3) is 4.18. The summed E-state index contributed by atoms with van der Waals surface area (Å²) in [6, 6.07) is 0. The molecular formula is C11H25B. The maximum atomic E-state index is 2.40. The van der Waals surface area contributed by atoms with Crippen LogP contribution in [0.2, 0.25) is 5.82 Å². The molecule has 0 rings (SSSR count). The zero-order valence-electron chi connectivity index (χ0n) is 9.72. The van der Waals surface area contributed by atoms with Gasteiger partial charge in [0.15, 0.2) is 0 Å². The lowest BCUT2D eigenvalue weighted by molar-refractivity contribution is 0.246. The molecule has 0 fully saturated rings. The van der Waals surface area contributed by atoms with E-state index in [1.54, 1.807) is 0 Å². The number of rotatable bonds is 5. The monoisotopic (exact) mass is 168 g/mol. The maximum Gasteiger partial charge on any atom is 0.105 e. The average Bonchev–Trinajstić information content (AvgIpc) is 1.98. The van der Waals surface area contributed by atoms with E-state index in [0.717, 1.165) is 23.6 Å². The molecule has 0 radical (unpaired) electrons. The first-order chi connectivity index (χ1) is 5.49. The summed E-state index contributed by atoms with van der Waals surface area (Å²) >= 11 is 0. The molecule has 0 bridgehead atoms. The quantitative estimate of drug-likeness (QED) is 0.553. The zero-order chi connectivity index (χ0) is 9.72. The van der Waals surface area contributed by atoms with Crippen LogP contribution < -0.4 is 0 Å².